The minimum Gasteiger partial charge on any atom is -0.380 e. The van der Waals surface area contributed by atoms with Crippen LogP contribution < -0.4 is 10.9 Å². The molecule has 0 spiro atoms. The standard InChI is InChI=1S/C13H22N2O3S/c1-4-8-15-9-12(6-7-13(15)16)14-11(3)10-19(17,18)5-2/h6-7,9,11,14H,4-5,8,10H2,1-3H3. The number of nitrogens with one attached hydrogen (secondary N) is 1. The van der Waals surface area contributed by atoms with E-state index in [1.54, 1.807) is 23.8 Å². The van der Waals surface area contributed by atoms with Crippen LogP contribution in [0, 0.1) is 0 Å². The highest BCUT2D eigenvalue weighted by atomic mass is 32.2. The van der Waals surface area contributed by atoms with Crippen LogP contribution in [0.15, 0.2) is 23.1 Å². The molecule has 0 fully saturated rings. The number of anilines is 1. The smallest absolute Gasteiger partial charge is 0.250 e. The maximum atomic E-state index is 11.6. The number of rotatable bonds is 7. The molecule has 6 heteroatoms. The highest BCUT2D eigenvalue weighted by Crippen LogP contribution is 2.07. The van der Waals surface area contributed by atoms with E-state index in [4.69, 9.17) is 0 Å². The maximum Gasteiger partial charge on any atom is 0.250 e. The second-order valence-electron chi connectivity index (χ2n) is 4.69. The first kappa shape index (κ1) is 15.8. The summed E-state index contributed by atoms with van der Waals surface area (Å²) >= 11 is 0. The summed E-state index contributed by atoms with van der Waals surface area (Å²) in [5.41, 5.74) is 0.730. The van der Waals surface area contributed by atoms with Gasteiger partial charge in [-0.2, -0.15) is 0 Å². The Kier molecular flexibility index (Phi) is 5.60. The lowest BCUT2D eigenvalue weighted by Crippen LogP contribution is -2.27. The zero-order chi connectivity index (χ0) is 14.5. The second-order valence-corrected chi connectivity index (χ2v) is 7.09. The molecule has 5 nitrogen and oxygen atoms in total. The van der Waals surface area contributed by atoms with Gasteiger partial charge in [0.25, 0.3) is 5.56 Å². The van der Waals surface area contributed by atoms with Gasteiger partial charge in [-0.05, 0) is 19.4 Å². The van der Waals surface area contributed by atoms with Crippen molar-refractivity contribution in [3.05, 3.63) is 28.7 Å². The van der Waals surface area contributed by atoms with E-state index in [1.807, 2.05) is 13.8 Å². The summed E-state index contributed by atoms with van der Waals surface area (Å²) in [4.78, 5) is 11.6. The molecule has 1 unspecified atom stereocenters. The minimum absolute atomic E-state index is 0.0405. The Morgan fingerprint density at radius 1 is 1.32 bits per heavy atom. The number of nitrogens with zero attached hydrogens (tertiary/aromatic N) is 1. The highest BCUT2D eigenvalue weighted by molar-refractivity contribution is 7.91. The van der Waals surface area contributed by atoms with Gasteiger partial charge in [0.2, 0.25) is 0 Å². The van der Waals surface area contributed by atoms with Gasteiger partial charge in [0.1, 0.15) is 0 Å². The van der Waals surface area contributed by atoms with Crippen LogP contribution >= 0.6 is 0 Å². The molecule has 0 aliphatic rings. The maximum absolute atomic E-state index is 11.6. The van der Waals surface area contributed by atoms with Crippen molar-refractivity contribution in [3.8, 4) is 0 Å². The first-order chi connectivity index (χ1) is 8.88. The molecular weight excluding hydrogens is 264 g/mol. The number of pyridine rings is 1. The predicted molar refractivity (Wildman–Crippen MR) is 78.4 cm³/mol. The Morgan fingerprint density at radius 2 is 2.00 bits per heavy atom. The molecule has 19 heavy (non-hydrogen) atoms. The van der Waals surface area contributed by atoms with Crippen molar-refractivity contribution >= 4 is 15.5 Å². The molecule has 1 rings (SSSR count). The zero-order valence-corrected chi connectivity index (χ0v) is 12.5. The topological polar surface area (TPSA) is 68.2 Å². The Balaban J connectivity index is 2.77. The molecule has 0 aliphatic heterocycles. The van der Waals surface area contributed by atoms with Crippen LogP contribution in [-0.2, 0) is 16.4 Å². The fourth-order valence-corrected chi connectivity index (χ4v) is 2.94. The Morgan fingerprint density at radius 3 is 2.58 bits per heavy atom. The molecule has 1 aromatic heterocycles. The van der Waals surface area contributed by atoms with Crippen LogP contribution in [0.25, 0.3) is 0 Å². The third-order valence-corrected chi connectivity index (χ3v) is 4.69. The summed E-state index contributed by atoms with van der Waals surface area (Å²) < 4.78 is 24.7. The fraction of sp³-hybridized carbons (Fsp3) is 0.615. The quantitative estimate of drug-likeness (QED) is 0.824. The molecule has 0 saturated heterocycles. The number of hydrogen-bond donors (Lipinski definition) is 1. The molecule has 1 aromatic rings. The van der Waals surface area contributed by atoms with Gasteiger partial charge in [-0.1, -0.05) is 13.8 Å². The number of sulfone groups is 1. The molecule has 1 heterocycles. The molecular formula is C13H22N2O3S. The average Bonchev–Trinajstić information content (AvgIpc) is 2.33. The lowest BCUT2D eigenvalue weighted by atomic mass is 10.3. The van der Waals surface area contributed by atoms with E-state index in [0.29, 0.717) is 6.54 Å². The molecule has 0 bridgehead atoms. The Bertz CT molecular complexity index is 563. The lowest BCUT2D eigenvalue weighted by Gasteiger charge is -2.16. The van der Waals surface area contributed by atoms with Gasteiger partial charge in [0, 0.05) is 30.6 Å². The summed E-state index contributed by atoms with van der Waals surface area (Å²) in [6.45, 7) is 6.13. The van der Waals surface area contributed by atoms with Crippen LogP contribution in [0.1, 0.15) is 27.2 Å². The van der Waals surface area contributed by atoms with Gasteiger partial charge >= 0.3 is 0 Å². The highest BCUT2D eigenvalue weighted by Gasteiger charge is 2.13. The largest absolute Gasteiger partial charge is 0.380 e. The summed E-state index contributed by atoms with van der Waals surface area (Å²) in [6.07, 6.45) is 2.62. The predicted octanol–water partition coefficient (Wildman–Crippen LogP) is 1.49. The van der Waals surface area contributed by atoms with E-state index >= 15 is 0 Å². The van der Waals surface area contributed by atoms with Crippen molar-refractivity contribution < 1.29 is 8.42 Å². The summed E-state index contributed by atoms with van der Waals surface area (Å²) in [5.74, 6) is 0.241. The average molecular weight is 286 g/mol. The van der Waals surface area contributed by atoms with Gasteiger partial charge in [-0.25, -0.2) is 8.42 Å². The van der Waals surface area contributed by atoms with E-state index < -0.39 is 9.84 Å². The van der Waals surface area contributed by atoms with Crippen LogP contribution in [0.2, 0.25) is 0 Å². The van der Waals surface area contributed by atoms with Crippen LogP contribution in [0.4, 0.5) is 5.69 Å². The molecule has 108 valence electrons. The minimum atomic E-state index is -3.00. The number of aromatic nitrogens is 1. The lowest BCUT2D eigenvalue weighted by molar-refractivity contribution is 0.593. The molecule has 0 aromatic carbocycles. The van der Waals surface area contributed by atoms with E-state index in [1.165, 1.54) is 6.07 Å². The summed E-state index contributed by atoms with van der Waals surface area (Å²) in [5, 5.41) is 3.12. The van der Waals surface area contributed by atoms with Crippen molar-refractivity contribution in [2.75, 3.05) is 16.8 Å². The normalized spacial score (nSPS) is 13.2. The van der Waals surface area contributed by atoms with Crippen molar-refractivity contribution in [3.63, 3.8) is 0 Å². The summed E-state index contributed by atoms with van der Waals surface area (Å²) in [7, 11) is -3.00. The summed E-state index contributed by atoms with van der Waals surface area (Å²) in [6, 6.07) is 3.00. The third-order valence-electron chi connectivity index (χ3n) is 2.80. The van der Waals surface area contributed by atoms with Gasteiger partial charge in [-0.3, -0.25) is 4.79 Å². The molecule has 1 atom stereocenters. The van der Waals surface area contributed by atoms with Gasteiger partial charge in [-0.15, -0.1) is 0 Å². The third kappa shape index (κ3) is 5.06. The number of aryl methyl sites for hydroxylation is 1. The molecule has 0 radical (unpaired) electrons. The molecule has 0 saturated carbocycles. The van der Waals surface area contributed by atoms with Crippen LogP contribution in [0.5, 0.6) is 0 Å². The van der Waals surface area contributed by atoms with Crippen LogP contribution in [0.3, 0.4) is 0 Å². The van der Waals surface area contributed by atoms with E-state index in [9.17, 15) is 13.2 Å². The van der Waals surface area contributed by atoms with Crippen molar-refractivity contribution in [1.82, 2.24) is 4.57 Å². The van der Waals surface area contributed by atoms with Gasteiger partial charge < -0.3 is 9.88 Å². The van der Waals surface area contributed by atoms with Crippen LogP contribution in [-0.4, -0.2) is 30.5 Å². The molecule has 0 aliphatic carbocycles. The zero-order valence-electron chi connectivity index (χ0n) is 11.7. The molecule has 0 amide bonds. The van der Waals surface area contributed by atoms with Crippen molar-refractivity contribution in [1.29, 1.82) is 0 Å². The molecule has 1 N–H and O–H groups in total. The van der Waals surface area contributed by atoms with E-state index in [-0.39, 0.29) is 23.1 Å². The first-order valence-corrected chi connectivity index (χ1v) is 8.37. The SMILES string of the molecule is CCCn1cc(NC(C)CS(=O)(=O)CC)ccc1=O. The monoisotopic (exact) mass is 286 g/mol. The van der Waals surface area contributed by atoms with Crippen molar-refractivity contribution in [2.24, 2.45) is 0 Å². The fourth-order valence-electron chi connectivity index (χ4n) is 1.86. The Labute approximate surface area is 114 Å². The second kappa shape index (κ2) is 6.75. The van der Waals surface area contributed by atoms with Crippen molar-refractivity contribution in [2.45, 2.75) is 39.8 Å². The van der Waals surface area contributed by atoms with E-state index in [0.717, 1.165) is 12.1 Å². The van der Waals surface area contributed by atoms with E-state index in [2.05, 4.69) is 5.32 Å². The van der Waals surface area contributed by atoms with Gasteiger partial charge in [0.15, 0.2) is 9.84 Å². The first-order valence-electron chi connectivity index (χ1n) is 6.55. The number of hydrogen-bond acceptors (Lipinski definition) is 4. The van der Waals surface area contributed by atoms with Gasteiger partial charge in [0.05, 0.1) is 11.4 Å². The Hall–Kier alpha value is -1.30.